The maximum atomic E-state index is 11.5. The zero-order chi connectivity index (χ0) is 9.72. The van der Waals surface area contributed by atoms with Gasteiger partial charge in [-0.25, -0.2) is 0 Å². The first-order chi connectivity index (χ1) is 5.45. The second kappa shape index (κ2) is 5.34. The summed E-state index contributed by atoms with van der Waals surface area (Å²) in [5.41, 5.74) is 0. The van der Waals surface area contributed by atoms with E-state index in [1.807, 2.05) is 20.8 Å². The Morgan fingerprint density at radius 2 is 1.50 bits per heavy atom. The molecule has 0 aliphatic carbocycles. The molecule has 0 saturated carbocycles. The summed E-state index contributed by atoms with van der Waals surface area (Å²) in [6.45, 7) is 10.4. The van der Waals surface area contributed by atoms with E-state index in [4.69, 9.17) is 0 Å². The van der Waals surface area contributed by atoms with E-state index in [9.17, 15) is 4.79 Å². The van der Waals surface area contributed by atoms with Crippen molar-refractivity contribution in [3.8, 4) is 0 Å². The van der Waals surface area contributed by atoms with Crippen LogP contribution in [0.3, 0.4) is 0 Å². The minimum Gasteiger partial charge on any atom is -0.299 e. The van der Waals surface area contributed by atoms with E-state index in [2.05, 4.69) is 13.8 Å². The van der Waals surface area contributed by atoms with Crippen LogP contribution in [0.15, 0.2) is 0 Å². The van der Waals surface area contributed by atoms with Crippen molar-refractivity contribution in [3.05, 3.63) is 0 Å². The fourth-order valence-electron chi connectivity index (χ4n) is 1.29. The van der Waals surface area contributed by atoms with Gasteiger partial charge in [0.05, 0.1) is 0 Å². The van der Waals surface area contributed by atoms with Gasteiger partial charge in [-0.2, -0.15) is 0 Å². The molecule has 12 heavy (non-hydrogen) atoms. The van der Waals surface area contributed by atoms with Crippen molar-refractivity contribution in [1.82, 2.24) is 0 Å². The highest BCUT2D eigenvalue weighted by molar-refractivity contribution is 5.82. The SMILES string of the molecule is CC(C)CC[C@H](C)C(=O)C(C)C. The van der Waals surface area contributed by atoms with Crippen molar-refractivity contribution in [2.75, 3.05) is 0 Å². The molecule has 1 heteroatoms. The largest absolute Gasteiger partial charge is 0.299 e. The third-order valence-corrected chi connectivity index (χ3v) is 2.23. The van der Waals surface area contributed by atoms with E-state index < -0.39 is 0 Å². The summed E-state index contributed by atoms with van der Waals surface area (Å²) in [6.07, 6.45) is 2.22. The number of rotatable bonds is 5. The molecule has 0 heterocycles. The average molecular weight is 170 g/mol. The smallest absolute Gasteiger partial charge is 0.138 e. The molecular formula is C11H22O. The average Bonchev–Trinajstić information content (AvgIpc) is 1.98. The van der Waals surface area contributed by atoms with Gasteiger partial charge < -0.3 is 0 Å². The predicted octanol–water partition coefficient (Wildman–Crippen LogP) is 3.28. The second-order valence-corrected chi connectivity index (χ2v) is 4.43. The highest BCUT2D eigenvalue weighted by atomic mass is 16.1. The Morgan fingerprint density at radius 1 is 1.00 bits per heavy atom. The molecular weight excluding hydrogens is 148 g/mol. The van der Waals surface area contributed by atoms with Crippen molar-refractivity contribution >= 4 is 5.78 Å². The summed E-state index contributed by atoms with van der Waals surface area (Å²) >= 11 is 0. The second-order valence-electron chi connectivity index (χ2n) is 4.43. The molecule has 0 fully saturated rings. The normalized spacial score (nSPS) is 13.9. The first-order valence-corrected chi connectivity index (χ1v) is 4.98. The van der Waals surface area contributed by atoms with Crippen LogP contribution in [0, 0.1) is 17.8 Å². The van der Waals surface area contributed by atoms with Gasteiger partial charge in [-0.05, 0) is 12.3 Å². The maximum absolute atomic E-state index is 11.5. The standard InChI is InChI=1S/C11H22O/c1-8(2)6-7-10(5)11(12)9(3)4/h8-10H,6-7H2,1-5H3/t10-/m0/s1. The van der Waals surface area contributed by atoms with Crippen LogP contribution < -0.4 is 0 Å². The Bertz CT molecular complexity index is 136. The van der Waals surface area contributed by atoms with E-state index in [-0.39, 0.29) is 11.8 Å². The van der Waals surface area contributed by atoms with Crippen LogP contribution in [0.2, 0.25) is 0 Å². The summed E-state index contributed by atoms with van der Waals surface area (Å²) in [5, 5.41) is 0. The molecule has 0 radical (unpaired) electrons. The summed E-state index contributed by atoms with van der Waals surface area (Å²) in [6, 6.07) is 0. The molecule has 0 aromatic rings. The summed E-state index contributed by atoms with van der Waals surface area (Å²) in [4.78, 5) is 11.5. The van der Waals surface area contributed by atoms with Crippen LogP contribution in [0.4, 0.5) is 0 Å². The molecule has 1 nitrogen and oxygen atoms in total. The summed E-state index contributed by atoms with van der Waals surface area (Å²) < 4.78 is 0. The molecule has 0 spiro atoms. The van der Waals surface area contributed by atoms with Crippen molar-refractivity contribution in [2.24, 2.45) is 17.8 Å². The van der Waals surface area contributed by atoms with Gasteiger partial charge in [0, 0.05) is 11.8 Å². The zero-order valence-corrected chi connectivity index (χ0v) is 9.05. The molecule has 0 aliphatic rings. The van der Waals surface area contributed by atoms with Crippen LogP contribution >= 0.6 is 0 Å². The third-order valence-electron chi connectivity index (χ3n) is 2.23. The van der Waals surface area contributed by atoms with Crippen LogP contribution in [0.1, 0.15) is 47.5 Å². The van der Waals surface area contributed by atoms with Gasteiger partial charge in [0.2, 0.25) is 0 Å². The molecule has 0 unspecified atom stereocenters. The van der Waals surface area contributed by atoms with Crippen LogP contribution in [0.25, 0.3) is 0 Å². The van der Waals surface area contributed by atoms with E-state index in [1.165, 1.54) is 6.42 Å². The minimum atomic E-state index is 0.201. The van der Waals surface area contributed by atoms with Crippen LogP contribution in [-0.2, 0) is 4.79 Å². The molecule has 0 N–H and O–H groups in total. The Morgan fingerprint density at radius 3 is 1.83 bits per heavy atom. The molecule has 0 aromatic carbocycles. The molecule has 0 amide bonds. The number of carbonyl (C=O) groups is 1. The lowest BCUT2D eigenvalue weighted by Crippen LogP contribution is -2.17. The highest BCUT2D eigenvalue weighted by Crippen LogP contribution is 2.15. The zero-order valence-electron chi connectivity index (χ0n) is 9.05. The molecule has 0 aromatic heterocycles. The Hall–Kier alpha value is -0.330. The molecule has 0 bridgehead atoms. The quantitative estimate of drug-likeness (QED) is 0.619. The molecule has 72 valence electrons. The van der Waals surface area contributed by atoms with Gasteiger partial charge in [0.15, 0.2) is 0 Å². The third kappa shape index (κ3) is 4.53. The van der Waals surface area contributed by atoms with E-state index in [0.29, 0.717) is 11.7 Å². The molecule has 0 saturated heterocycles. The van der Waals surface area contributed by atoms with Gasteiger partial charge in [-0.15, -0.1) is 0 Å². The lowest BCUT2D eigenvalue weighted by atomic mass is 9.91. The van der Waals surface area contributed by atoms with E-state index >= 15 is 0 Å². The number of hydrogen-bond donors (Lipinski definition) is 0. The van der Waals surface area contributed by atoms with Crippen molar-refractivity contribution in [1.29, 1.82) is 0 Å². The van der Waals surface area contributed by atoms with Gasteiger partial charge in [0.1, 0.15) is 5.78 Å². The number of ketones is 1. The van der Waals surface area contributed by atoms with Crippen molar-refractivity contribution < 1.29 is 4.79 Å². The fourth-order valence-corrected chi connectivity index (χ4v) is 1.29. The van der Waals surface area contributed by atoms with E-state index in [1.54, 1.807) is 0 Å². The Balaban J connectivity index is 3.72. The molecule has 0 aliphatic heterocycles. The van der Waals surface area contributed by atoms with Gasteiger partial charge in [-0.3, -0.25) is 4.79 Å². The van der Waals surface area contributed by atoms with Gasteiger partial charge in [0.25, 0.3) is 0 Å². The number of hydrogen-bond acceptors (Lipinski definition) is 1. The van der Waals surface area contributed by atoms with Crippen LogP contribution in [0.5, 0.6) is 0 Å². The maximum Gasteiger partial charge on any atom is 0.138 e. The fraction of sp³-hybridized carbons (Fsp3) is 0.909. The first-order valence-electron chi connectivity index (χ1n) is 4.98. The monoisotopic (exact) mass is 170 g/mol. The minimum absolute atomic E-state index is 0.201. The number of Topliss-reactive ketones (excluding diaryl/α,β-unsaturated/α-hetero) is 1. The molecule has 1 atom stereocenters. The van der Waals surface area contributed by atoms with Crippen molar-refractivity contribution in [3.63, 3.8) is 0 Å². The Kier molecular flexibility index (Phi) is 5.19. The predicted molar refractivity (Wildman–Crippen MR) is 53.1 cm³/mol. The molecule has 0 rings (SSSR count). The van der Waals surface area contributed by atoms with Crippen molar-refractivity contribution in [2.45, 2.75) is 47.5 Å². The highest BCUT2D eigenvalue weighted by Gasteiger charge is 2.15. The summed E-state index contributed by atoms with van der Waals surface area (Å²) in [7, 11) is 0. The van der Waals surface area contributed by atoms with E-state index in [0.717, 1.165) is 6.42 Å². The Labute approximate surface area is 76.6 Å². The lowest BCUT2D eigenvalue weighted by Gasteiger charge is -2.13. The topological polar surface area (TPSA) is 17.1 Å². The summed E-state index contributed by atoms with van der Waals surface area (Å²) in [5.74, 6) is 1.59. The van der Waals surface area contributed by atoms with Gasteiger partial charge in [-0.1, -0.05) is 41.0 Å². The number of carbonyl (C=O) groups excluding carboxylic acids is 1. The lowest BCUT2D eigenvalue weighted by molar-refractivity contribution is -0.125. The van der Waals surface area contributed by atoms with Crippen LogP contribution in [-0.4, -0.2) is 5.78 Å². The first kappa shape index (κ1) is 11.7. The van der Waals surface area contributed by atoms with Gasteiger partial charge >= 0.3 is 0 Å².